The van der Waals surface area contributed by atoms with Gasteiger partial charge in [0, 0.05) is 37.6 Å². The first-order chi connectivity index (χ1) is 20.5. The molecule has 0 bridgehead atoms. The Morgan fingerprint density at radius 3 is 2.12 bits per heavy atom. The molecule has 2 aromatic carbocycles. The molecule has 1 heterocycles. The molecule has 3 aromatic rings. The number of aromatic nitrogens is 1. The minimum absolute atomic E-state index is 0.0138. The van der Waals surface area contributed by atoms with Crippen LogP contribution in [0.4, 0.5) is 13.2 Å². The quantitative estimate of drug-likeness (QED) is 0.147. The van der Waals surface area contributed by atoms with Gasteiger partial charge in [0.2, 0.25) is 5.91 Å². The van der Waals surface area contributed by atoms with Gasteiger partial charge in [-0.1, -0.05) is 30.3 Å². The number of Topliss-reactive ketones (excluding diaryl/α,β-unsaturated/α-hetero) is 1. The van der Waals surface area contributed by atoms with Crippen LogP contribution in [0.2, 0.25) is 0 Å². The summed E-state index contributed by atoms with van der Waals surface area (Å²) in [7, 11) is 0. The zero-order valence-electron chi connectivity index (χ0n) is 24.4. The van der Waals surface area contributed by atoms with E-state index in [1.54, 1.807) is 6.20 Å². The molecule has 1 amide bonds. The van der Waals surface area contributed by atoms with E-state index >= 15 is 0 Å². The smallest absolute Gasteiger partial charge is 0.345 e. The number of nitrogens with two attached hydrogens (primary N) is 4. The second kappa shape index (κ2) is 15.9. The van der Waals surface area contributed by atoms with Crippen LogP contribution in [0.1, 0.15) is 29.5 Å². The summed E-state index contributed by atoms with van der Waals surface area (Å²) < 4.78 is 39.9. The molecule has 0 fully saturated rings. The summed E-state index contributed by atoms with van der Waals surface area (Å²) in [6.07, 6.45) is -1.89. The van der Waals surface area contributed by atoms with E-state index in [1.165, 1.54) is 12.1 Å². The van der Waals surface area contributed by atoms with Crippen LogP contribution >= 0.6 is 0 Å². The molecule has 9 N–H and O–H groups in total. The van der Waals surface area contributed by atoms with E-state index in [1.807, 2.05) is 30.3 Å². The predicted octanol–water partition coefficient (Wildman–Crippen LogP) is 1.89. The Balaban J connectivity index is 1.73. The molecule has 0 aliphatic carbocycles. The van der Waals surface area contributed by atoms with Gasteiger partial charge in [0.05, 0.1) is 49.3 Å². The van der Waals surface area contributed by atoms with Crippen molar-refractivity contribution in [3.63, 3.8) is 0 Å². The molecule has 0 saturated heterocycles. The summed E-state index contributed by atoms with van der Waals surface area (Å²) in [6.45, 7) is 4.28. The van der Waals surface area contributed by atoms with Crippen molar-refractivity contribution in [3.05, 3.63) is 77.5 Å². The van der Waals surface area contributed by atoms with Crippen molar-refractivity contribution >= 4 is 22.6 Å². The van der Waals surface area contributed by atoms with Crippen molar-refractivity contribution < 1.29 is 27.2 Å². The Hall–Kier alpha value is -3.42. The van der Waals surface area contributed by atoms with Crippen molar-refractivity contribution in [2.75, 3.05) is 45.8 Å². The lowest BCUT2D eigenvalue weighted by molar-refractivity contribution is -0.924. The standard InChI is InChI=1S/C31H42F3N7O2/c32-31(33,34)25-9-7-22(8-10-25)19-28(29(42)20-23-18-24-4-1-2-6-27(24)39-21-23)40-30(43)26(38)5-3-14-41(15-11-35,16-12-36)17-13-37/h1-2,4,6-10,18,21,26,28H,3,5,11-17,19-20,35-38H2/p+1/t26-,28+/m0/s1. The molecule has 234 valence electrons. The maximum atomic E-state index is 13.5. The molecule has 0 radical (unpaired) electrons. The van der Waals surface area contributed by atoms with Gasteiger partial charge in [-0.25, -0.2) is 0 Å². The lowest BCUT2D eigenvalue weighted by Crippen LogP contribution is -2.56. The maximum absolute atomic E-state index is 13.5. The number of halogens is 3. The van der Waals surface area contributed by atoms with Crippen LogP contribution in [0.5, 0.6) is 0 Å². The van der Waals surface area contributed by atoms with E-state index in [0.717, 1.165) is 23.0 Å². The van der Waals surface area contributed by atoms with Gasteiger partial charge in [0.1, 0.15) is 0 Å². The van der Waals surface area contributed by atoms with Crippen molar-refractivity contribution in [2.45, 2.75) is 43.9 Å². The number of carbonyl (C=O) groups excluding carboxylic acids is 2. The van der Waals surface area contributed by atoms with Crippen LogP contribution in [0, 0.1) is 0 Å². The lowest BCUT2D eigenvalue weighted by atomic mass is 9.96. The molecule has 0 unspecified atom stereocenters. The normalized spacial score (nSPS) is 13.6. The Kier molecular flexibility index (Phi) is 12.6. The highest BCUT2D eigenvalue weighted by molar-refractivity contribution is 5.92. The zero-order chi connectivity index (χ0) is 31.5. The summed E-state index contributed by atoms with van der Waals surface area (Å²) in [6, 6.07) is 12.0. The number of nitrogens with zero attached hydrogens (tertiary/aromatic N) is 2. The number of nitrogens with one attached hydrogen (secondary N) is 1. The SMILES string of the molecule is NCC[N+](CCN)(CCN)CCC[C@H](N)C(=O)N[C@H](Cc1ccc(C(F)(F)F)cc1)C(=O)Cc1cnc2ccccc2c1. The third-order valence-corrected chi connectivity index (χ3v) is 7.75. The van der Waals surface area contributed by atoms with Gasteiger partial charge in [0.15, 0.2) is 5.78 Å². The van der Waals surface area contributed by atoms with E-state index < -0.39 is 29.7 Å². The van der Waals surface area contributed by atoms with Gasteiger partial charge in [-0.3, -0.25) is 14.6 Å². The molecule has 9 nitrogen and oxygen atoms in total. The number of carbonyl (C=O) groups is 2. The minimum Gasteiger partial charge on any atom is -0.345 e. The maximum Gasteiger partial charge on any atom is 0.416 e. The van der Waals surface area contributed by atoms with Crippen LogP contribution in [0.25, 0.3) is 10.9 Å². The molecule has 3 rings (SSSR count). The van der Waals surface area contributed by atoms with E-state index in [-0.39, 0.29) is 18.6 Å². The summed E-state index contributed by atoms with van der Waals surface area (Å²) in [5.74, 6) is -0.807. The zero-order valence-corrected chi connectivity index (χ0v) is 24.4. The van der Waals surface area contributed by atoms with Crippen LogP contribution in [0.15, 0.2) is 60.8 Å². The second-order valence-corrected chi connectivity index (χ2v) is 11.0. The van der Waals surface area contributed by atoms with Crippen LogP contribution in [0.3, 0.4) is 0 Å². The number of benzene rings is 2. The first-order valence-corrected chi connectivity index (χ1v) is 14.5. The lowest BCUT2D eigenvalue weighted by Gasteiger charge is -2.38. The Morgan fingerprint density at radius 2 is 1.51 bits per heavy atom. The van der Waals surface area contributed by atoms with Gasteiger partial charge in [-0.05, 0) is 54.7 Å². The minimum atomic E-state index is -4.48. The topological polar surface area (TPSA) is 163 Å². The molecule has 43 heavy (non-hydrogen) atoms. The predicted molar refractivity (Wildman–Crippen MR) is 162 cm³/mol. The number of ketones is 1. The molecule has 0 aliphatic rings. The Labute approximate surface area is 250 Å². The third kappa shape index (κ3) is 10.1. The van der Waals surface area contributed by atoms with Crippen molar-refractivity contribution in [1.29, 1.82) is 0 Å². The molecule has 0 aliphatic heterocycles. The highest BCUT2D eigenvalue weighted by Crippen LogP contribution is 2.29. The molecule has 2 atom stereocenters. The monoisotopic (exact) mass is 602 g/mol. The summed E-state index contributed by atoms with van der Waals surface area (Å²) in [5.41, 5.74) is 24.9. The Morgan fingerprint density at radius 1 is 0.884 bits per heavy atom. The summed E-state index contributed by atoms with van der Waals surface area (Å²) in [4.78, 5) is 31.1. The fourth-order valence-corrected chi connectivity index (χ4v) is 5.40. The molecule has 0 spiro atoms. The van der Waals surface area contributed by atoms with Crippen molar-refractivity contribution in [1.82, 2.24) is 10.3 Å². The Bertz CT molecular complexity index is 1320. The van der Waals surface area contributed by atoms with Crippen LogP contribution in [-0.2, 0) is 28.6 Å². The van der Waals surface area contributed by atoms with Gasteiger partial charge in [-0.15, -0.1) is 0 Å². The largest absolute Gasteiger partial charge is 0.416 e. The van der Waals surface area contributed by atoms with E-state index in [9.17, 15) is 22.8 Å². The summed E-state index contributed by atoms with van der Waals surface area (Å²) >= 11 is 0. The van der Waals surface area contributed by atoms with E-state index in [2.05, 4.69) is 10.3 Å². The van der Waals surface area contributed by atoms with Gasteiger partial charge < -0.3 is 32.7 Å². The van der Waals surface area contributed by atoms with Gasteiger partial charge >= 0.3 is 6.18 Å². The number of para-hydroxylation sites is 1. The van der Waals surface area contributed by atoms with Gasteiger partial charge in [0.25, 0.3) is 0 Å². The van der Waals surface area contributed by atoms with Crippen LogP contribution < -0.4 is 28.3 Å². The average Bonchev–Trinajstić information content (AvgIpc) is 2.97. The number of pyridine rings is 1. The van der Waals surface area contributed by atoms with Crippen LogP contribution in [-0.4, -0.2) is 79.1 Å². The summed E-state index contributed by atoms with van der Waals surface area (Å²) in [5, 5.41) is 3.64. The fourth-order valence-electron chi connectivity index (χ4n) is 5.40. The second-order valence-electron chi connectivity index (χ2n) is 11.0. The number of amides is 1. The first-order valence-electron chi connectivity index (χ1n) is 14.5. The van der Waals surface area contributed by atoms with Crippen molar-refractivity contribution in [2.24, 2.45) is 22.9 Å². The van der Waals surface area contributed by atoms with E-state index in [0.29, 0.717) is 74.3 Å². The number of fused-ring (bicyclic) bond motifs is 1. The average molecular weight is 603 g/mol. The fraction of sp³-hybridized carbons (Fsp3) is 0.452. The molecular formula is C31H43F3N7O2+. The van der Waals surface area contributed by atoms with Gasteiger partial charge in [-0.2, -0.15) is 13.2 Å². The number of hydrogen-bond acceptors (Lipinski definition) is 7. The number of alkyl halides is 3. The molecule has 0 saturated carbocycles. The van der Waals surface area contributed by atoms with E-state index in [4.69, 9.17) is 22.9 Å². The number of rotatable bonds is 17. The molecular weight excluding hydrogens is 559 g/mol. The molecule has 12 heteroatoms. The number of quaternary nitrogens is 1. The highest BCUT2D eigenvalue weighted by atomic mass is 19.4. The number of hydrogen-bond donors (Lipinski definition) is 5. The highest BCUT2D eigenvalue weighted by Gasteiger charge is 2.31. The first kappa shape index (κ1) is 34.1. The third-order valence-electron chi connectivity index (χ3n) is 7.75. The van der Waals surface area contributed by atoms with Crippen molar-refractivity contribution in [3.8, 4) is 0 Å². The molecule has 1 aromatic heterocycles.